The van der Waals surface area contributed by atoms with E-state index in [0.29, 0.717) is 17.1 Å². The van der Waals surface area contributed by atoms with Crippen molar-refractivity contribution in [2.45, 2.75) is 44.4 Å². The number of thioether (sulfide) groups is 1. The molecule has 2 aromatic rings. The number of alkyl halides is 3. The van der Waals surface area contributed by atoms with Crippen molar-refractivity contribution in [1.82, 2.24) is 4.90 Å². The highest BCUT2D eigenvalue weighted by molar-refractivity contribution is 8.26. The second-order valence-corrected chi connectivity index (χ2v) is 10.3. The molecule has 4 rings (SSSR count). The van der Waals surface area contributed by atoms with E-state index in [-0.39, 0.29) is 21.0 Å². The molecule has 0 radical (unpaired) electrons. The molecule has 0 spiro atoms. The Morgan fingerprint density at radius 1 is 1.16 bits per heavy atom. The van der Waals surface area contributed by atoms with Crippen LogP contribution in [0.15, 0.2) is 47.4 Å². The van der Waals surface area contributed by atoms with E-state index in [4.69, 9.17) is 21.7 Å². The number of thiocarbonyl (C=S) groups is 1. The first-order valence-electron chi connectivity index (χ1n) is 11.7. The largest absolute Gasteiger partial charge is 0.493 e. The Hall–Kier alpha value is -3.05. The molecule has 2 amide bonds. The summed E-state index contributed by atoms with van der Waals surface area (Å²) in [5.74, 6) is -0.122. The molecule has 2 fully saturated rings. The number of amides is 2. The molecule has 1 N–H and O–H groups in total. The lowest BCUT2D eigenvalue weighted by molar-refractivity contribution is -0.137. The van der Waals surface area contributed by atoms with Crippen molar-refractivity contribution >= 4 is 51.9 Å². The molecule has 6 nitrogen and oxygen atoms in total. The Morgan fingerprint density at radius 2 is 1.89 bits per heavy atom. The van der Waals surface area contributed by atoms with Crippen molar-refractivity contribution in [2.75, 3.05) is 19.0 Å². The van der Waals surface area contributed by atoms with E-state index in [9.17, 15) is 22.8 Å². The van der Waals surface area contributed by atoms with Gasteiger partial charge in [-0.2, -0.15) is 13.2 Å². The molecule has 11 heteroatoms. The number of carbonyl (C=O) groups excluding carboxylic acids is 2. The highest BCUT2D eigenvalue weighted by Crippen LogP contribution is 2.37. The average Bonchev–Trinajstić information content (AvgIpc) is 3.12. The summed E-state index contributed by atoms with van der Waals surface area (Å²) >= 11 is 6.28. The molecule has 0 bridgehead atoms. The molecule has 1 saturated heterocycles. The van der Waals surface area contributed by atoms with Gasteiger partial charge in [0.15, 0.2) is 11.5 Å². The topological polar surface area (TPSA) is 67.9 Å². The molecule has 1 saturated carbocycles. The first-order chi connectivity index (χ1) is 17.7. The van der Waals surface area contributed by atoms with Crippen molar-refractivity contribution in [3.63, 3.8) is 0 Å². The van der Waals surface area contributed by atoms with E-state index in [2.05, 4.69) is 5.32 Å². The third kappa shape index (κ3) is 6.64. The number of nitrogens with one attached hydrogen (secondary N) is 1. The zero-order valence-electron chi connectivity index (χ0n) is 20.0. The van der Waals surface area contributed by atoms with Crippen LogP contribution in [0.1, 0.15) is 43.2 Å². The molecule has 37 heavy (non-hydrogen) atoms. The SMILES string of the molecule is COc1cc(/C=C2\SC(=S)N(CC(=O)Nc3ccccc3C(F)(F)F)C2=O)ccc1OC1CCCCC1. The van der Waals surface area contributed by atoms with Crippen LogP contribution in [0.4, 0.5) is 18.9 Å². The van der Waals surface area contributed by atoms with Gasteiger partial charge in [0.25, 0.3) is 5.91 Å². The number of rotatable bonds is 7. The maximum Gasteiger partial charge on any atom is 0.418 e. The first-order valence-corrected chi connectivity index (χ1v) is 12.9. The molecular weight excluding hydrogens is 525 g/mol. The lowest BCUT2D eigenvalue weighted by atomic mass is 9.98. The van der Waals surface area contributed by atoms with Crippen LogP contribution in [-0.4, -0.2) is 40.8 Å². The van der Waals surface area contributed by atoms with E-state index in [1.165, 1.54) is 18.6 Å². The fourth-order valence-electron chi connectivity index (χ4n) is 4.19. The van der Waals surface area contributed by atoms with Crippen molar-refractivity contribution < 1.29 is 32.2 Å². The van der Waals surface area contributed by atoms with Crippen molar-refractivity contribution in [3.8, 4) is 11.5 Å². The van der Waals surface area contributed by atoms with E-state index in [0.717, 1.165) is 54.5 Å². The normalized spacial score (nSPS) is 17.8. The number of hydrogen-bond donors (Lipinski definition) is 1. The maximum absolute atomic E-state index is 13.2. The van der Waals surface area contributed by atoms with Gasteiger partial charge in [-0.25, -0.2) is 0 Å². The Kier molecular flexibility index (Phi) is 8.43. The summed E-state index contributed by atoms with van der Waals surface area (Å²) in [6.45, 7) is -0.508. The lowest BCUT2D eigenvalue weighted by Crippen LogP contribution is -2.36. The molecule has 0 aromatic heterocycles. The van der Waals surface area contributed by atoms with Crippen LogP contribution in [0, 0.1) is 0 Å². The highest BCUT2D eigenvalue weighted by atomic mass is 32.2. The van der Waals surface area contributed by atoms with Crippen LogP contribution in [0.25, 0.3) is 6.08 Å². The second kappa shape index (κ2) is 11.6. The van der Waals surface area contributed by atoms with Crippen LogP contribution in [-0.2, 0) is 15.8 Å². The predicted octanol–water partition coefficient (Wildman–Crippen LogP) is 6.27. The van der Waals surface area contributed by atoms with Crippen LogP contribution >= 0.6 is 24.0 Å². The number of carbonyl (C=O) groups is 2. The molecule has 2 aromatic carbocycles. The van der Waals surface area contributed by atoms with Gasteiger partial charge in [0, 0.05) is 0 Å². The quantitative estimate of drug-likeness (QED) is 0.324. The van der Waals surface area contributed by atoms with Gasteiger partial charge < -0.3 is 14.8 Å². The maximum atomic E-state index is 13.2. The fourth-order valence-corrected chi connectivity index (χ4v) is 5.45. The summed E-state index contributed by atoms with van der Waals surface area (Å²) in [5.41, 5.74) is -0.681. The predicted molar refractivity (Wildman–Crippen MR) is 140 cm³/mol. The number of hydrogen-bond acceptors (Lipinski definition) is 6. The summed E-state index contributed by atoms with van der Waals surface area (Å²) in [5, 5.41) is 2.23. The van der Waals surface area contributed by atoms with Crippen molar-refractivity contribution in [3.05, 3.63) is 58.5 Å². The van der Waals surface area contributed by atoms with Gasteiger partial charge in [-0.1, -0.05) is 48.6 Å². The van der Waals surface area contributed by atoms with Crippen LogP contribution < -0.4 is 14.8 Å². The van der Waals surface area contributed by atoms with Gasteiger partial charge in [-0.15, -0.1) is 0 Å². The fraction of sp³-hybridized carbons (Fsp3) is 0.346. The Labute approximate surface area is 222 Å². The van der Waals surface area contributed by atoms with Gasteiger partial charge in [-0.05, 0) is 61.6 Å². The summed E-state index contributed by atoms with van der Waals surface area (Å²) in [6.07, 6.45) is 2.65. The van der Waals surface area contributed by atoms with Gasteiger partial charge in [0.2, 0.25) is 5.91 Å². The van der Waals surface area contributed by atoms with E-state index >= 15 is 0 Å². The lowest BCUT2D eigenvalue weighted by Gasteiger charge is -2.24. The molecule has 1 heterocycles. The zero-order valence-corrected chi connectivity index (χ0v) is 21.6. The van der Waals surface area contributed by atoms with Crippen molar-refractivity contribution in [1.29, 1.82) is 0 Å². The van der Waals surface area contributed by atoms with Crippen LogP contribution in [0.3, 0.4) is 0 Å². The zero-order chi connectivity index (χ0) is 26.6. The Balaban J connectivity index is 1.44. The Bertz CT molecular complexity index is 1230. The molecule has 2 aliphatic rings. The minimum atomic E-state index is -4.63. The molecule has 196 valence electrons. The van der Waals surface area contributed by atoms with E-state index in [1.54, 1.807) is 31.4 Å². The number of halogens is 3. The number of ether oxygens (including phenoxy) is 2. The number of methoxy groups -OCH3 is 1. The molecule has 0 unspecified atom stereocenters. The highest BCUT2D eigenvalue weighted by Gasteiger charge is 2.36. The number of anilines is 1. The minimum absolute atomic E-state index is 0.139. The second-order valence-electron chi connectivity index (χ2n) is 8.65. The first kappa shape index (κ1) is 27.0. The van der Waals surface area contributed by atoms with Crippen LogP contribution in [0.2, 0.25) is 0 Å². The average molecular weight is 551 g/mol. The van der Waals surface area contributed by atoms with Gasteiger partial charge in [0.1, 0.15) is 10.9 Å². The summed E-state index contributed by atoms with van der Waals surface area (Å²) in [4.78, 5) is 26.8. The standard InChI is InChI=1S/C26H25F3N2O4S2/c1-34-21-13-16(11-12-20(21)35-17-7-3-2-4-8-17)14-22-24(33)31(25(36)37-22)15-23(32)30-19-10-6-5-9-18(19)26(27,28)29/h5-6,9-14,17H,2-4,7-8,15H2,1H3,(H,30,32)/b22-14-. The third-order valence-corrected chi connectivity index (χ3v) is 7.39. The van der Waals surface area contributed by atoms with Crippen LogP contribution in [0.5, 0.6) is 11.5 Å². The van der Waals surface area contributed by atoms with E-state index in [1.807, 2.05) is 0 Å². The number of para-hydroxylation sites is 1. The monoisotopic (exact) mass is 550 g/mol. The number of nitrogens with zero attached hydrogens (tertiary/aromatic N) is 1. The molecule has 1 aliphatic heterocycles. The van der Waals surface area contributed by atoms with Crippen molar-refractivity contribution in [2.24, 2.45) is 0 Å². The Morgan fingerprint density at radius 3 is 2.59 bits per heavy atom. The van der Waals surface area contributed by atoms with E-state index < -0.39 is 30.1 Å². The van der Waals surface area contributed by atoms with Gasteiger partial charge in [-0.3, -0.25) is 14.5 Å². The van der Waals surface area contributed by atoms with Gasteiger partial charge in [0.05, 0.1) is 29.4 Å². The smallest absolute Gasteiger partial charge is 0.418 e. The third-order valence-electron chi connectivity index (χ3n) is 6.01. The molecular formula is C26H25F3N2O4S2. The number of benzene rings is 2. The summed E-state index contributed by atoms with van der Waals surface area (Å²) in [6, 6.07) is 9.99. The summed E-state index contributed by atoms with van der Waals surface area (Å²) < 4.78 is 51.4. The molecule has 1 aliphatic carbocycles. The summed E-state index contributed by atoms with van der Waals surface area (Å²) in [7, 11) is 1.54. The molecule has 0 atom stereocenters. The van der Waals surface area contributed by atoms with Gasteiger partial charge >= 0.3 is 6.18 Å². The minimum Gasteiger partial charge on any atom is -0.493 e.